The van der Waals surface area contributed by atoms with E-state index >= 15 is 0 Å². The number of aryl methyl sites for hydroxylation is 2. The SMILES string of the molecule is Cc1ccc(NC(=O)c2nc(-c3ccc(F)cc3)n(-c3ccccc3)n2)c(C)c1. The number of carbonyl (C=O) groups is 1. The minimum Gasteiger partial charge on any atom is -0.319 e. The molecule has 0 fully saturated rings. The molecule has 0 aliphatic rings. The van der Waals surface area contributed by atoms with Crippen LogP contribution in [-0.2, 0) is 0 Å². The number of halogens is 1. The zero-order valence-electron chi connectivity index (χ0n) is 16.1. The Hall–Kier alpha value is -3.80. The molecule has 1 heterocycles. The van der Waals surface area contributed by atoms with Crippen molar-refractivity contribution in [3.05, 3.63) is 95.6 Å². The molecule has 5 nitrogen and oxygen atoms in total. The molecule has 1 N–H and O–H groups in total. The normalized spacial score (nSPS) is 10.7. The maximum atomic E-state index is 13.4. The Morgan fingerprint density at radius 3 is 2.38 bits per heavy atom. The van der Waals surface area contributed by atoms with Gasteiger partial charge in [0.2, 0.25) is 5.82 Å². The van der Waals surface area contributed by atoms with Crippen LogP contribution in [0.15, 0.2) is 72.8 Å². The van der Waals surface area contributed by atoms with Crippen LogP contribution in [0.3, 0.4) is 0 Å². The quantitative estimate of drug-likeness (QED) is 0.540. The van der Waals surface area contributed by atoms with Crippen molar-refractivity contribution in [1.82, 2.24) is 14.8 Å². The summed E-state index contributed by atoms with van der Waals surface area (Å²) in [6.45, 7) is 3.93. The number of carbonyl (C=O) groups excluding carboxylic acids is 1. The minimum atomic E-state index is -0.407. The van der Waals surface area contributed by atoms with E-state index in [4.69, 9.17) is 0 Å². The molecule has 0 aliphatic heterocycles. The van der Waals surface area contributed by atoms with E-state index in [-0.39, 0.29) is 11.6 Å². The van der Waals surface area contributed by atoms with Crippen LogP contribution in [0.5, 0.6) is 0 Å². The van der Waals surface area contributed by atoms with Gasteiger partial charge in [-0.1, -0.05) is 35.9 Å². The van der Waals surface area contributed by atoms with Crippen molar-refractivity contribution in [1.29, 1.82) is 0 Å². The highest BCUT2D eigenvalue weighted by Gasteiger charge is 2.19. The number of nitrogens with one attached hydrogen (secondary N) is 1. The number of benzene rings is 3. The summed E-state index contributed by atoms with van der Waals surface area (Å²) in [4.78, 5) is 17.3. The van der Waals surface area contributed by atoms with Gasteiger partial charge in [0, 0.05) is 11.3 Å². The molecule has 1 amide bonds. The molecule has 3 aromatic carbocycles. The highest BCUT2D eigenvalue weighted by Crippen LogP contribution is 2.22. The van der Waals surface area contributed by atoms with Gasteiger partial charge >= 0.3 is 0 Å². The zero-order chi connectivity index (χ0) is 20.4. The maximum Gasteiger partial charge on any atom is 0.295 e. The van der Waals surface area contributed by atoms with Gasteiger partial charge in [-0.05, 0) is 61.9 Å². The van der Waals surface area contributed by atoms with Crippen molar-refractivity contribution in [2.24, 2.45) is 0 Å². The predicted molar refractivity (Wildman–Crippen MR) is 111 cm³/mol. The number of amides is 1. The molecular weight excluding hydrogens is 367 g/mol. The summed E-state index contributed by atoms with van der Waals surface area (Å²) in [6.07, 6.45) is 0. The molecule has 4 rings (SSSR count). The first-order chi connectivity index (χ1) is 14.0. The first-order valence-electron chi connectivity index (χ1n) is 9.18. The van der Waals surface area contributed by atoms with Gasteiger partial charge in [0.25, 0.3) is 5.91 Å². The lowest BCUT2D eigenvalue weighted by atomic mass is 10.1. The summed E-state index contributed by atoms with van der Waals surface area (Å²) in [6, 6.07) is 21.1. The topological polar surface area (TPSA) is 59.8 Å². The standard InChI is InChI=1S/C23H19FN4O/c1-15-8-13-20(16(2)14-15)25-23(29)21-26-22(17-9-11-18(24)12-10-17)28(27-21)19-6-4-3-5-7-19/h3-14H,1-2H3,(H,25,29). The second kappa shape index (κ2) is 7.67. The molecule has 4 aromatic rings. The third kappa shape index (κ3) is 3.91. The van der Waals surface area contributed by atoms with Gasteiger partial charge in [0.05, 0.1) is 5.69 Å². The second-order valence-electron chi connectivity index (χ2n) is 6.79. The van der Waals surface area contributed by atoms with Crippen LogP contribution in [0.2, 0.25) is 0 Å². The summed E-state index contributed by atoms with van der Waals surface area (Å²) in [5.74, 6) is -0.252. The van der Waals surface area contributed by atoms with E-state index < -0.39 is 5.91 Å². The lowest BCUT2D eigenvalue weighted by Crippen LogP contribution is -2.15. The summed E-state index contributed by atoms with van der Waals surface area (Å²) in [5.41, 5.74) is 4.20. The summed E-state index contributed by atoms with van der Waals surface area (Å²) < 4.78 is 14.9. The molecule has 0 saturated carbocycles. The number of rotatable bonds is 4. The Balaban J connectivity index is 1.74. The smallest absolute Gasteiger partial charge is 0.295 e. The molecule has 0 radical (unpaired) electrons. The average molecular weight is 386 g/mol. The molecule has 0 spiro atoms. The fourth-order valence-corrected chi connectivity index (χ4v) is 3.08. The fourth-order valence-electron chi connectivity index (χ4n) is 3.08. The lowest BCUT2D eigenvalue weighted by molar-refractivity contribution is 0.101. The van der Waals surface area contributed by atoms with E-state index in [9.17, 15) is 9.18 Å². The summed E-state index contributed by atoms with van der Waals surface area (Å²) in [7, 11) is 0. The monoisotopic (exact) mass is 386 g/mol. The van der Waals surface area contributed by atoms with Gasteiger partial charge in [-0.25, -0.2) is 14.1 Å². The molecule has 0 bridgehead atoms. The van der Waals surface area contributed by atoms with Gasteiger partial charge in [-0.3, -0.25) is 4.79 Å². The van der Waals surface area contributed by atoms with E-state index in [1.807, 2.05) is 62.4 Å². The van der Waals surface area contributed by atoms with Crippen LogP contribution in [0.25, 0.3) is 17.1 Å². The van der Waals surface area contributed by atoms with Crippen molar-refractivity contribution >= 4 is 11.6 Å². The average Bonchev–Trinajstić information content (AvgIpc) is 3.17. The van der Waals surface area contributed by atoms with Crippen LogP contribution >= 0.6 is 0 Å². The molecule has 1 aromatic heterocycles. The van der Waals surface area contributed by atoms with Gasteiger partial charge in [0.1, 0.15) is 5.82 Å². The van der Waals surface area contributed by atoms with Gasteiger partial charge in [-0.15, -0.1) is 5.10 Å². The predicted octanol–water partition coefficient (Wildman–Crippen LogP) is 4.94. The van der Waals surface area contributed by atoms with Gasteiger partial charge < -0.3 is 5.32 Å². The van der Waals surface area contributed by atoms with Crippen molar-refractivity contribution < 1.29 is 9.18 Å². The highest BCUT2D eigenvalue weighted by molar-refractivity contribution is 6.02. The van der Waals surface area contributed by atoms with Crippen LogP contribution in [0.1, 0.15) is 21.7 Å². The molecule has 0 aliphatic carbocycles. The third-order valence-electron chi connectivity index (χ3n) is 4.54. The van der Waals surface area contributed by atoms with Crippen LogP contribution in [-0.4, -0.2) is 20.7 Å². The van der Waals surface area contributed by atoms with Crippen molar-refractivity contribution in [3.8, 4) is 17.1 Å². The number of aromatic nitrogens is 3. The molecule has 0 unspecified atom stereocenters. The van der Waals surface area contributed by atoms with Crippen molar-refractivity contribution in [3.63, 3.8) is 0 Å². The van der Waals surface area contributed by atoms with E-state index in [0.717, 1.165) is 16.8 Å². The van der Waals surface area contributed by atoms with E-state index in [1.54, 1.807) is 16.8 Å². The van der Waals surface area contributed by atoms with Crippen LogP contribution < -0.4 is 5.32 Å². The summed E-state index contributed by atoms with van der Waals surface area (Å²) in [5, 5.41) is 7.29. The highest BCUT2D eigenvalue weighted by atomic mass is 19.1. The van der Waals surface area contributed by atoms with E-state index in [1.165, 1.54) is 12.1 Å². The van der Waals surface area contributed by atoms with Gasteiger partial charge in [0.15, 0.2) is 5.82 Å². The third-order valence-corrected chi connectivity index (χ3v) is 4.54. The van der Waals surface area contributed by atoms with Crippen molar-refractivity contribution in [2.75, 3.05) is 5.32 Å². The Bertz CT molecular complexity index is 1170. The second-order valence-corrected chi connectivity index (χ2v) is 6.79. The molecule has 29 heavy (non-hydrogen) atoms. The van der Waals surface area contributed by atoms with E-state index in [2.05, 4.69) is 15.4 Å². The first-order valence-corrected chi connectivity index (χ1v) is 9.18. The Morgan fingerprint density at radius 1 is 0.966 bits per heavy atom. The van der Waals surface area contributed by atoms with Crippen LogP contribution in [0, 0.1) is 19.7 Å². The van der Waals surface area contributed by atoms with Crippen molar-refractivity contribution in [2.45, 2.75) is 13.8 Å². The Kier molecular flexibility index (Phi) is 4.91. The molecule has 144 valence electrons. The van der Waals surface area contributed by atoms with E-state index in [0.29, 0.717) is 17.1 Å². The number of hydrogen-bond acceptors (Lipinski definition) is 3. The molecule has 6 heteroatoms. The Morgan fingerprint density at radius 2 is 1.69 bits per heavy atom. The fraction of sp³-hybridized carbons (Fsp3) is 0.0870. The van der Waals surface area contributed by atoms with Crippen LogP contribution in [0.4, 0.5) is 10.1 Å². The maximum absolute atomic E-state index is 13.4. The summed E-state index contributed by atoms with van der Waals surface area (Å²) >= 11 is 0. The number of nitrogens with zero attached hydrogens (tertiary/aromatic N) is 3. The number of para-hydroxylation sites is 1. The lowest BCUT2D eigenvalue weighted by Gasteiger charge is -2.07. The molecular formula is C23H19FN4O. The molecule has 0 saturated heterocycles. The minimum absolute atomic E-state index is 0.0353. The zero-order valence-corrected chi connectivity index (χ0v) is 16.1. The molecule has 0 atom stereocenters. The van der Waals surface area contributed by atoms with Gasteiger partial charge in [-0.2, -0.15) is 0 Å². The first kappa shape index (κ1) is 18.6. The largest absolute Gasteiger partial charge is 0.319 e. The number of anilines is 1. The Labute approximate surface area is 167 Å². The number of hydrogen-bond donors (Lipinski definition) is 1.